The minimum atomic E-state index is -1.23. The lowest BCUT2D eigenvalue weighted by Crippen LogP contribution is -2.24. The molecule has 0 fully saturated rings. The van der Waals surface area contributed by atoms with Gasteiger partial charge in [0.2, 0.25) is 0 Å². The van der Waals surface area contributed by atoms with E-state index >= 15 is 0 Å². The molecule has 0 amide bonds. The number of anilines is 1. The summed E-state index contributed by atoms with van der Waals surface area (Å²) >= 11 is 0. The average molecular weight is 192 g/mol. The molecular weight excluding hydrogens is 179 g/mol. The third-order valence-electron chi connectivity index (χ3n) is 1.73. The van der Waals surface area contributed by atoms with Crippen LogP contribution in [-0.2, 0) is 0 Å². The number of rotatable bonds is 3. The zero-order chi connectivity index (χ0) is 10.6. The first-order chi connectivity index (χ1) is 6.51. The fourth-order valence-electron chi connectivity index (χ4n) is 0.975. The number of nitrogens with zero attached hydrogens (tertiary/aromatic N) is 1. The van der Waals surface area contributed by atoms with Gasteiger partial charge in [0.15, 0.2) is 0 Å². The van der Waals surface area contributed by atoms with Gasteiger partial charge >= 0.3 is 0 Å². The van der Waals surface area contributed by atoms with Gasteiger partial charge in [-0.15, -0.1) is 0 Å². The van der Waals surface area contributed by atoms with E-state index in [9.17, 15) is 4.39 Å². The summed E-state index contributed by atoms with van der Waals surface area (Å²) in [5, 5.41) is 11.5. The van der Waals surface area contributed by atoms with Gasteiger partial charge in [0.1, 0.15) is 5.67 Å². The van der Waals surface area contributed by atoms with E-state index in [-0.39, 0.29) is 6.54 Å². The summed E-state index contributed by atoms with van der Waals surface area (Å²) in [6.07, 6.45) is 0. The first kappa shape index (κ1) is 10.5. The van der Waals surface area contributed by atoms with E-state index in [2.05, 4.69) is 5.32 Å². The van der Waals surface area contributed by atoms with Crippen LogP contribution >= 0.6 is 0 Å². The highest BCUT2D eigenvalue weighted by Gasteiger charge is 2.14. The first-order valence-corrected chi connectivity index (χ1v) is 4.44. The van der Waals surface area contributed by atoms with Crippen LogP contribution in [0.5, 0.6) is 0 Å². The van der Waals surface area contributed by atoms with Crippen LogP contribution in [-0.4, -0.2) is 12.2 Å². The van der Waals surface area contributed by atoms with Crippen molar-refractivity contribution in [3.63, 3.8) is 0 Å². The Morgan fingerprint density at radius 1 is 1.36 bits per heavy atom. The van der Waals surface area contributed by atoms with Gasteiger partial charge in [-0.1, -0.05) is 0 Å². The van der Waals surface area contributed by atoms with Crippen LogP contribution in [0.25, 0.3) is 0 Å². The molecule has 0 saturated carbocycles. The molecule has 0 aliphatic carbocycles. The molecule has 74 valence electrons. The van der Waals surface area contributed by atoms with E-state index in [4.69, 9.17) is 5.26 Å². The van der Waals surface area contributed by atoms with Crippen LogP contribution in [0.15, 0.2) is 24.3 Å². The van der Waals surface area contributed by atoms with Gasteiger partial charge in [-0.3, -0.25) is 0 Å². The molecule has 0 bridgehead atoms. The fourth-order valence-corrected chi connectivity index (χ4v) is 0.975. The summed E-state index contributed by atoms with van der Waals surface area (Å²) in [7, 11) is 0. The lowest BCUT2D eigenvalue weighted by Gasteiger charge is -2.15. The highest BCUT2D eigenvalue weighted by molar-refractivity contribution is 5.47. The van der Waals surface area contributed by atoms with Crippen molar-refractivity contribution in [3.8, 4) is 6.07 Å². The summed E-state index contributed by atoms with van der Waals surface area (Å²) in [5.74, 6) is 0. The number of hydrogen-bond donors (Lipinski definition) is 1. The molecule has 2 nitrogen and oxygen atoms in total. The van der Waals surface area contributed by atoms with E-state index < -0.39 is 5.67 Å². The maximum absolute atomic E-state index is 13.1. The number of nitriles is 1. The van der Waals surface area contributed by atoms with Gasteiger partial charge in [0.05, 0.1) is 11.6 Å². The molecule has 0 aliphatic heterocycles. The van der Waals surface area contributed by atoms with Crippen molar-refractivity contribution in [3.05, 3.63) is 29.8 Å². The maximum Gasteiger partial charge on any atom is 0.122 e. The molecule has 1 rings (SSSR count). The van der Waals surface area contributed by atoms with E-state index in [0.29, 0.717) is 5.56 Å². The standard InChI is InChI=1S/C11H13FN2/c1-11(2,12)8-14-10-5-3-9(7-13)4-6-10/h3-6,14H,8H2,1-2H3. The molecule has 0 aromatic heterocycles. The molecule has 0 saturated heterocycles. The van der Waals surface area contributed by atoms with Crippen LogP contribution < -0.4 is 5.32 Å². The largest absolute Gasteiger partial charge is 0.382 e. The molecule has 0 radical (unpaired) electrons. The van der Waals surface area contributed by atoms with Gasteiger partial charge in [-0.05, 0) is 38.1 Å². The predicted octanol–water partition coefficient (Wildman–Crippen LogP) is 2.72. The monoisotopic (exact) mass is 192 g/mol. The van der Waals surface area contributed by atoms with Crippen LogP contribution in [0.1, 0.15) is 19.4 Å². The van der Waals surface area contributed by atoms with Crippen molar-refractivity contribution in [1.29, 1.82) is 5.26 Å². The second-order valence-electron chi connectivity index (χ2n) is 3.76. The topological polar surface area (TPSA) is 35.8 Å². The molecule has 0 aliphatic rings. The third-order valence-corrected chi connectivity index (χ3v) is 1.73. The molecule has 1 N–H and O–H groups in total. The second kappa shape index (κ2) is 4.10. The third kappa shape index (κ3) is 3.44. The Morgan fingerprint density at radius 2 is 1.93 bits per heavy atom. The maximum atomic E-state index is 13.1. The normalized spacial score (nSPS) is 10.7. The minimum absolute atomic E-state index is 0.263. The number of halogens is 1. The van der Waals surface area contributed by atoms with Crippen LogP contribution in [0, 0.1) is 11.3 Å². The van der Waals surface area contributed by atoms with Crippen molar-refractivity contribution >= 4 is 5.69 Å². The molecular formula is C11H13FN2. The van der Waals surface area contributed by atoms with E-state index in [0.717, 1.165) is 5.69 Å². The lowest BCUT2D eigenvalue weighted by atomic mass is 10.1. The van der Waals surface area contributed by atoms with Crippen LogP contribution in [0.3, 0.4) is 0 Å². The number of alkyl halides is 1. The summed E-state index contributed by atoms with van der Waals surface area (Å²) in [5.41, 5.74) is 0.207. The van der Waals surface area contributed by atoms with E-state index in [1.165, 1.54) is 13.8 Å². The average Bonchev–Trinajstić information content (AvgIpc) is 2.14. The molecule has 0 heterocycles. The Bertz CT molecular complexity index is 330. The van der Waals surface area contributed by atoms with Gasteiger partial charge in [0, 0.05) is 12.2 Å². The zero-order valence-corrected chi connectivity index (χ0v) is 8.34. The highest BCUT2D eigenvalue weighted by atomic mass is 19.1. The van der Waals surface area contributed by atoms with Gasteiger partial charge in [-0.25, -0.2) is 4.39 Å². The molecule has 0 spiro atoms. The first-order valence-electron chi connectivity index (χ1n) is 4.44. The van der Waals surface area contributed by atoms with E-state index in [1.54, 1.807) is 24.3 Å². The lowest BCUT2D eigenvalue weighted by molar-refractivity contribution is 0.235. The smallest absolute Gasteiger partial charge is 0.122 e. The fraction of sp³-hybridized carbons (Fsp3) is 0.364. The number of benzene rings is 1. The Balaban J connectivity index is 2.58. The van der Waals surface area contributed by atoms with Gasteiger partial charge in [0.25, 0.3) is 0 Å². The van der Waals surface area contributed by atoms with Gasteiger partial charge in [-0.2, -0.15) is 5.26 Å². The van der Waals surface area contributed by atoms with E-state index in [1.807, 2.05) is 6.07 Å². The predicted molar refractivity (Wildman–Crippen MR) is 54.8 cm³/mol. The molecule has 1 aromatic carbocycles. The molecule has 14 heavy (non-hydrogen) atoms. The van der Waals surface area contributed by atoms with Gasteiger partial charge < -0.3 is 5.32 Å². The zero-order valence-electron chi connectivity index (χ0n) is 8.34. The summed E-state index contributed by atoms with van der Waals surface area (Å²) < 4.78 is 13.1. The van der Waals surface area contributed by atoms with Crippen molar-refractivity contribution in [2.45, 2.75) is 19.5 Å². The van der Waals surface area contributed by atoms with Crippen molar-refractivity contribution in [2.24, 2.45) is 0 Å². The second-order valence-corrected chi connectivity index (χ2v) is 3.76. The Hall–Kier alpha value is -1.56. The van der Waals surface area contributed by atoms with Crippen LogP contribution in [0.2, 0.25) is 0 Å². The number of hydrogen-bond acceptors (Lipinski definition) is 2. The molecule has 0 atom stereocenters. The quantitative estimate of drug-likeness (QED) is 0.799. The number of nitrogens with one attached hydrogen (secondary N) is 1. The molecule has 3 heteroatoms. The molecule has 0 unspecified atom stereocenters. The molecule has 1 aromatic rings. The summed E-state index contributed by atoms with van der Waals surface area (Å²) in [6.45, 7) is 3.30. The van der Waals surface area contributed by atoms with Crippen molar-refractivity contribution in [1.82, 2.24) is 0 Å². The van der Waals surface area contributed by atoms with Crippen LogP contribution in [0.4, 0.5) is 10.1 Å². The Kier molecular flexibility index (Phi) is 3.08. The SMILES string of the molecule is CC(C)(F)CNc1ccc(C#N)cc1. The van der Waals surface area contributed by atoms with Crippen molar-refractivity contribution in [2.75, 3.05) is 11.9 Å². The summed E-state index contributed by atoms with van der Waals surface area (Å²) in [4.78, 5) is 0. The van der Waals surface area contributed by atoms with Crippen molar-refractivity contribution < 1.29 is 4.39 Å². The minimum Gasteiger partial charge on any atom is -0.382 e. The highest BCUT2D eigenvalue weighted by Crippen LogP contribution is 2.12. The Morgan fingerprint density at radius 3 is 2.36 bits per heavy atom. The summed E-state index contributed by atoms with van der Waals surface area (Å²) in [6, 6.07) is 8.96. The Labute approximate surface area is 83.4 Å².